The molecule has 0 unspecified atom stereocenters. The number of pyridine rings is 1. The molecule has 0 bridgehead atoms. The highest BCUT2D eigenvalue weighted by atomic mass is 19.4. The van der Waals surface area contributed by atoms with E-state index in [1.807, 2.05) is 0 Å². The number of hydrogen-bond donors (Lipinski definition) is 0. The van der Waals surface area contributed by atoms with Crippen molar-refractivity contribution < 1.29 is 22.7 Å². The van der Waals surface area contributed by atoms with Crippen LogP contribution in [0.5, 0.6) is 0 Å². The maximum atomic E-state index is 12.8. The molecule has 0 spiro atoms. The summed E-state index contributed by atoms with van der Waals surface area (Å²) in [7, 11) is 4.39. The van der Waals surface area contributed by atoms with Crippen molar-refractivity contribution in [2.45, 2.75) is 19.3 Å². The van der Waals surface area contributed by atoms with Crippen molar-refractivity contribution in [3.05, 3.63) is 34.9 Å². The fourth-order valence-corrected chi connectivity index (χ4v) is 2.02. The lowest BCUT2D eigenvalue weighted by molar-refractivity contribution is -0.141. The predicted octanol–water partition coefficient (Wildman–Crippen LogP) is 1.04. The molecule has 0 atom stereocenters. The van der Waals surface area contributed by atoms with Crippen LogP contribution in [0.1, 0.15) is 27.6 Å². The van der Waals surface area contributed by atoms with Gasteiger partial charge in [0.05, 0.1) is 32.0 Å². The van der Waals surface area contributed by atoms with Gasteiger partial charge in [-0.25, -0.2) is 9.78 Å². The number of ether oxygens (including phenoxy) is 1. The molecule has 2 aromatic rings. The number of esters is 1. The molecule has 2 heterocycles. The van der Waals surface area contributed by atoms with Crippen LogP contribution in [0.4, 0.5) is 13.2 Å². The molecule has 0 aromatic carbocycles. The van der Waals surface area contributed by atoms with E-state index in [9.17, 15) is 18.0 Å². The molecule has 0 amide bonds. The first-order valence-corrected chi connectivity index (χ1v) is 6.77. The Morgan fingerprint density at radius 2 is 2.04 bits per heavy atom. The van der Waals surface area contributed by atoms with Gasteiger partial charge in [0, 0.05) is 6.54 Å². The van der Waals surface area contributed by atoms with E-state index >= 15 is 0 Å². The average molecular weight is 344 g/mol. The number of nitrogens with zero attached hydrogens (tertiary/aromatic N) is 6. The minimum atomic E-state index is -4.60. The molecular formula is C13H15F3N6O2. The number of carbonyl (C=O) groups excluding carboxylic acids is 1. The second-order valence-electron chi connectivity index (χ2n) is 5.05. The lowest BCUT2D eigenvalue weighted by Crippen LogP contribution is -2.22. The van der Waals surface area contributed by atoms with Gasteiger partial charge in [0.2, 0.25) is 0 Å². The van der Waals surface area contributed by atoms with E-state index < -0.39 is 17.8 Å². The first-order chi connectivity index (χ1) is 11.2. The summed E-state index contributed by atoms with van der Waals surface area (Å²) in [6, 6.07) is 1.81. The molecule has 0 aliphatic carbocycles. The number of methoxy groups -OCH3 is 1. The molecule has 0 aliphatic heterocycles. The van der Waals surface area contributed by atoms with Gasteiger partial charge in [-0.05, 0) is 24.4 Å². The highest BCUT2D eigenvalue weighted by molar-refractivity contribution is 5.90. The fraction of sp³-hybridized carbons (Fsp3) is 0.462. The van der Waals surface area contributed by atoms with E-state index in [0.717, 1.165) is 19.2 Å². The zero-order valence-corrected chi connectivity index (χ0v) is 13.2. The second kappa shape index (κ2) is 6.91. The van der Waals surface area contributed by atoms with Gasteiger partial charge in [-0.2, -0.15) is 18.0 Å². The Labute approximate surface area is 135 Å². The lowest BCUT2D eigenvalue weighted by Gasteiger charge is -2.17. The number of aromatic nitrogens is 5. The molecular weight excluding hydrogens is 329 g/mol. The Morgan fingerprint density at radius 1 is 1.33 bits per heavy atom. The van der Waals surface area contributed by atoms with Crippen LogP contribution in [0.3, 0.4) is 0 Å². The SMILES string of the molecule is COC(=O)c1ccc(C(F)(F)F)nc1CN(C)Cc1nnn(C)n1. The molecule has 24 heavy (non-hydrogen) atoms. The minimum absolute atomic E-state index is 0.0212. The van der Waals surface area contributed by atoms with Crippen molar-refractivity contribution in [3.63, 3.8) is 0 Å². The topological polar surface area (TPSA) is 86.0 Å². The van der Waals surface area contributed by atoms with E-state index in [0.29, 0.717) is 5.82 Å². The number of tetrazole rings is 1. The van der Waals surface area contributed by atoms with Gasteiger partial charge in [0.25, 0.3) is 0 Å². The predicted molar refractivity (Wildman–Crippen MR) is 74.5 cm³/mol. The normalized spacial score (nSPS) is 11.8. The van der Waals surface area contributed by atoms with Crippen molar-refractivity contribution in [1.82, 2.24) is 30.1 Å². The zero-order valence-electron chi connectivity index (χ0n) is 13.2. The number of aryl methyl sites for hydroxylation is 1. The molecule has 0 saturated heterocycles. The van der Waals surface area contributed by atoms with Crippen LogP contribution in [0.2, 0.25) is 0 Å². The standard InChI is InChI=1S/C13H15F3N6O2/c1-21(7-11-18-20-22(2)19-11)6-9-8(12(23)24-3)4-5-10(17-9)13(14,15)16/h4-5H,6-7H2,1-3H3. The summed E-state index contributed by atoms with van der Waals surface area (Å²) >= 11 is 0. The fourth-order valence-electron chi connectivity index (χ4n) is 2.02. The van der Waals surface area contributed by atoms with E-state index in [-0.39, 0.29) is 24.3 Å². The Hall–Kier alpha value is -2.56. The first-order valence-electron chi connectivity index (χ1n) is 6.77. The molecule has 11 heteroatoms. The van der Waals surface area contributed by atoms with E-state index in [2.05, 4.69) is 25.1 Å². The highest BCUT2D eigenvalue weighted by Gasteiger charge is 2.33. The molecule has 2 aromatic heterocycles. The zero-order chi connectivity index (χ0) is 17.9. The number of carbonyl (C=O) groups is 1. The lowest BCUT2D eigenvalue weighted by atomic mass is 10.1. The number of halogens is 3. The minimum Gasteiger partial charge on any atom is -0.465 e. The second-order valence-corrected chi connectivity index (χ2v) is 5.05. The average Bonchev–Trinajstić information content (AvgIpc) is 2.90. The van der Waals surface area contributed by atoms with Crippen molar-refractivity contribution in [2.24, 2.45) is 7.05 Å². The molecule has 0 aliphatic rings. The summed E-state index contributed by atoms with van der Waals surface area (Å²) in [6.07, 6.45) is -4.60. The van der Waals surface area contributed by atoms with Crippen LogP contribution < -0.4 is 0 Å². The van der Waals surface area contributed by atoms with Crippen LogP contribution >= 0.6 is 0 Å². The number of rotatable bonds is 5. The van der Waals surface area contributed by atoms with Gasteiger partial charge < -0.3 is 4.74 Å². The summed E-state index contributed by atoms with van der Waals surface area (Å²) < 4.78 is 43.1. The summed E-state index contributed by atoms with van der Waals surface area (Å²) in [5.74, 6) is -0.358. The Bertz CT molecular complexity index is 731. The van der Waals surface area contributed by atoms with Gasteiger partial charge >= 0.3 is 12.1 Å². The Morgan fingerprint density at radius 3 is 2.58 bits per heavy atom. The third-order valence-electron chi connectivity index (χ3n) is 3.05. The van der Waals surface area contributed by atoms with Gasteiger partial charge in [0.1, 0.15) is 5.69 Å². The van der Waals surface area contributed by atoms with Crippen LogP contribution in [0, 0.1) is 0 Å². The largest absolute Gasteiger partial charge is 0.465 e. The van der Waals surface area contributed by atoms with Gasteiger partial charge in [-0.1, -0.05) is 0 Å². The van der Waals surface area contributed by atoms with Crippen molar-refractivity contribution in [2.75, 3.05) is 14.2 Å². The van der Waals surface area contributed by atoms with Gasteiger partial charge in [0.15, 0.2) is 5.82 Å². The maximum absolute atomic E-state index is 12.8. The maximum Gasteiger partial charge on any atom is 0.433 e. The molecule has 0 saturated carbocycles. The molecule has 130 valence electrons. The highest BCUT2D eigenvalue weighted by Crippen LogP contribution is 2.28. The van der Waals surface area contributed by atoms with Crippen molar-refractivity contribution in [3.8, 4) is 0 Å². The van der Waals surface area contributed by atoms with Crippen LogP contribution in [0.25, 0.3) is 0 Å². The van der Waals surface area contributed by atoms with Crippen molar-refractivity contribution in [1.29, 1.82) is 0 Å². The third kappa shape index (κ3) is 4.25. The molecule has 2 rings (SSSR count). The summed E-state index contributed by atoms with van der Waals surface area (Å²) in [4.78, 5) is 18.2. The van der Waals surface area contributed by atoms with E-state index in [1.165, 1.54) is 4.80 Å². The summed E-state index contributed by atoms with van der Waals surface area (Å²) in [6.45, 7) is 0.207. The van der Waals surface area contributed by atoms with Gasteiger partial charge in [-0.3, -0.25) is 4.90 Å². The van der Waals surface area contributed by atoms with Crippen LogP contribution in [0.15, 0.2) is 12.1 Å². The van der Waals surface area contributed by atoms with E-state index in [4.69, 9.17) is 0 Å². The summed E-state index contributed by atoms with van der Waals surface area (Å²) in [5.41, 5.74) is -1.14. The van der Waals surface area contributed by atoms with Crippen LogP contribution in [-0.4, -0.2) is 50.2 Å². The quantitative estimate of drug-likeness (QED) is 0.749. The Kier molecular flexibility index (Phi) is 5.12. The molecule has 0 radical (unpaired) electrons. The molecule has 0 fully saturated rings. The Balaban J connectivity index is 2.26. The number of hydrogen-bond acceptors (Lipinski definition) is 7. The van der Waals surface area contributed by atoms with Crippen molar-refractivity contribution >= 4 is 5.97 Å². The smallest absolute Gasteiger partial charge is 0.433 e. The number of alkyl halides is 3. The van der Waals surface area contributed by atoms with Gasteiger partial charge in [-0.15, -0.1) is 10.2 Å². The van der Waals surface area contributed by atoms with E-state index in [1.54, 1.807) is 19.0 Å². The molecule has 0 N–H and O–H groups in total. The third-order valence-corrected chi connectivity index (χ3v) is 3.05. The first kappa shape index (κ1) is 17.8. The monoisotopic (exact) mass is 344 g/mol. The molecule has 8 nitrogen and oxygen atoms in total. The summed E-state index contributed by atoms with van der Waals surface area (Å²) in [5, 5.41) is 11.5. The van der Waals surface area contributed by atoms with Crippen LogP contribution in [-0.2, 0) is 31.1 Å².